The standard InChI is InChI=1S/C45H75N21O11/c46-20-33(67)57-22-34(68)61-29(19-25-21-53-24-59-25)40(74)64-16-4-10-30(64)38(72)63-27(8-2-14-55-44(49)50)39(73)66-18-6-12-32(66)41(75)65-17-5-11-31(65)37(71)62-26(7-1-13-54-43(47)48)36(70)58-23-35(69)60-28(42(76)77)9-3-15-56-45(51)52/h21,24,26-32H,1-20,22-23,46H2,(H,53,59)(H,57,67)(H,58,70)(H,60,69)(H,61,68)(H,62,71)(H,63,72)(H,76,77)(H4,47,48,54)(H4,49,50,55)(H4,51,52,56)/t26-,27-,28-,29-,30-,31-,32-/m0/s1. The SMILES string of the molecule is NCC(=O)NCC(=O)N[C@@H](Cc1cnc[nH]1)C(=O)N1CCC[C@H]1C(=O)N[C@@H](CCCN=C(N)N)C(=O)N1CCC[C@H]1C(=O)N1CCC[C@H]1C(=O)N[C@@H](CCCN=C(N)N)C(=O)NCC(=O)N[C@@H](CCCN=C(N)N)C(=O)O. The number of aromatic nitrogens is 2. The summed E-state index contributed by atoms with van der Waals surface area (Å²) in [5, 5.41) is 24.9. The van der Waals surface area contributed by atoms with Crippen LogP contribution in [0.15, 0.2) is 27.5 Å². The molecule has 0 radical (unpaired) electrons. The minimum absolute atomic E-state index is 0.00794. The summed E-state index contributed by atoms with van der Waals surface area (Å²) in [5.41, 5.74) is 38.5. The van der Waals surface area contributed by atoms with Crippen molar-refractivity contribution in [2.24, 2.45) is 55.1 Å². The highest BCUT2D eigenvalue weighted by molar-refractivity contribution is 5.98. The molecule has 3 aliphatic heterocycles. The minimum Gasteiger partial charge on any atom is -0.480 e. The van der Waals surface area contributed by atoms with Crippen molar-refractivity contribution in [2.75, 3.05) is 58.9 Å². The summed E-state index contributed by atoms with van der Waals surface area (Å²) in [6.07, 6.45) is 5.37. The monoisotopic (exact) mass is 1090 g/mol. The smallest absolute Gasteiger partial charge is 0.326 e. The Bertz CT molecular complexity index is 2320. The van der Waals surface area contributed by atoms with Gasteiger partial charge in [0.15, 0.2) is 17.9 Å². The molecule has 0 aromatic carbocycles. The quantitative estimate of drug-likeness (QED) is 0.0193. The Hall–Kier alpha value is -8.32. The third-order valence-electron chi connectivity index (χ3n) is 12.9. The number of H-pyrrole nitrogens is 1. The molecule has 0 bridgehead atoms. The van der Waals surface area contributed by atoms with Gasteiger partial charge in [0.2, 0.25) is 53.2 Å². The maximum Gasteiger partial charge on any atom is 0.326 e. The second-order valence-electron chi connectivity index (χ2n) is 18.6. The molecular formula is C45H75N21O11. The summed E-state index contributed by atoms with van der Waals surface area (Å²) in [7, 11) is 0. The molecule has 32 nitrogen and oxygen atoms in total. The zero-order valence-corrected chi connectivity index (χ0v) is 43.0. The van der Waals surface area contributed by atoms with Gasteiger partial charge in [0.25, 0.3) is 0 Å². The predicted octanol–water partition coefficient (Wildman–Crippen LogP) is -7.70. The van der Waals surface area contributed by atoms with Gasteiger partial charge in [0, 0.05) is 57.6 Å². The Morgan fingerprint density at radius 2 is 1.05 bits per heavy atom. The van der Waals surface area contributed by atoms with E-state index in [9.17, 15) is 53.1 Å². The number of aliphatic carboxylic acids is 1. The lowest BCUT2D eigenvalue weighted by Gasteiger charge is -2.34. The molecule has 1 aromatic rings. The lowest BCUT2D eigenvalue weighted by molar-refractivity contribution is -0.148. The van der Waals surface area contributed by atoms with Gasteiger partial charge in [-0.15, -0.1) is 0 Å². The average Bonchev–Trinajstić information content (AvgIpc) is 4.25. The zero-order valence-electron chi connectivity index (χ0n) is 43.0. The number of aliphatic imine (C=N–C) groups is 3. The molecule has 7 atom stereocenters. The molecule has 426 valence electrons. The second kappa shape index (κ2) is 30.9. The van der Waals surface area contributed by atoms with Crippen molar-refractivity contribution in [3.63, 3.8) is 0 Å². The fraction of sp³-hybridized carbons (Fsp3) is 0.644. The highest BCUT2D eigenvalue weighted by Gasteiger charge is 2.45. The van der Waals surface area contributed by atoms with Gasteiger partial charge < -0.3 is 96.8 Å². The van der Waals surface area contributed by atoms with Crippen LogP contribution < -0.4 is 72.0 Å². The summed E-state index contributed by atoms with van der Waals surface area (Å²) in [6, 6.07) is -8.16. The second-order valence-corrected chi connectivity index (χ2v) is 18.6. The van der Waals surface area contributed by atoms with Crippen molar-refractivity contribution in [2.45, 2.75) is 126 Å². The molecule has 0 aliphatic carbocycles. The van der Waals surface area contributed by atoms with E-state index in [0.717, 1.165) is 0 Å². The number of hydrogen-bond donors (Lipinski definition) is 15. The zero-order chi connectivity index (χ0) is 56.6. The van der Waals surface area contributed by atoms with Crippen LogP contribution in [0.25, 0.3) is 0 Å². The van der Waals surface area contributed by atoms with Crippen molar-refractivity contribution in [3.05, 3.63) is 18.2 Å². The highest BCUT2D eigenvalue weighted by Crippen LogP contribution is 2.27. The molecule has 3 aliphatic rings. The number of carboxylic acids is 1. The summed E-state index contributed by atoms with van der Waals surface area (Å²) in [5.74, 6) is -7.83. The first-order chi connectivity index (χ1) is 36.7. The Kier molecular flexibility index (Phi) is 24.6. The molecule has 0 spiro atoms. The van der Waals surface area contributed by atoms with Crippen LogP contribution in [0.2, 0.25) is 0 Å². The van der Waals surface area contributed by atoms with Gasteiger partial charge in [-0.3, -0.25) is 58.1 Å². The van der Waals surface area contributed by atoms with Gasteiger partial charge in [0.05, 0.1) is 26.0 Å². The summed E-state index contributed by atoms with van der Waals surface area (Å²) < 4.78 is 0. The fourth-order valence-electron chi connectivity index (χ4n) is 9.16. The molecule has 3 saturated heterocycles. The largest absolute Gasteiger partial charge is 0.480 e. The maximum absolute atomic E-state index is 14.7. The van der Waals surface area contributed by atoms with E-state index in [1.807, 2.05) is 0 Å². The maximum atomic E-state index is 14.7. The van der Waals surface area contributed by atoms with E-state index in [1.54, 1.807) is 0 Å². The van der Waals surface area contributed by atoms with Gasteiger partial charge in [-0.05, 0) is 77.0 Å². The number of nitrogens with zero attached hydrogens (tertiary/aromatic N) is 7. The van der Waals surface area contributed by atoms with Gasteiger partial charge in [-0.25, -0.2) is 9.78 Å². The molecule has 3 fully saturated rings. The molecule has 22 N–H and O–H groups in total. The number of carbonyl (C=O) groups excluding carboxylic acids is 9. The molecule has 0 saturated carbocycles. The molecule has 77 heavy (non-hydrogen) atoms. The number of imidazole rings is 1. The molecule has 0 unspecified atom stereocenters. The van der Waals surface area contributed by atoms with Crippen LogP contribution >= 0.6 is 0 Å². The number of likely N-dealkylation sites (tertiary alicyclic amines) is 3. The first-order valence-corrected chi connectivity index (χ1v) is 25.4. The van der Waals surface area contributed by atoms with Crippen LogP contribution in [-0.2, 0) is 54.4 Å². The van der Waals surface area contributed by atoms with Crippen LogP contribution in [0.5, 0.6) is 0 Å². The van der Waals surface area contributed by atoms with E-state index in [-0.39, 0.29) is 128 Å². The topological polar surface area (TPSA) is 521 Å². The summed E-state index contributed by atoms with van der Waals surface area (Å²) >= 11 is 0. The Morgan fingerprint density at radius 1 is 0.597 bits per heavy atom. The van der Waals surface area contributed by atoms with Crippen molar-refractivity contribution in [1.29, 1.82) is 0 Å². The van der Waals surface area contributed by atoms with Gasteiger partial charge in [0.1, 0.15) is 42.3 Å². The first kappa shape index (κ1) is 61.2. The van der Waals surface area contributed by atoms with Crippen LogP contribution in [-0.4, -0.2) is 208 Å². The minimum atomic E-state index is -1.32. The third kappa shape index (κ3) is 19.7. The van der Waals surface area contributed by atoms with Crippen molar-refractivity contribution in [1.82, 2.24) is 56.6 Å². The average molecular weight is 1090 g/mol. The number of nitrogens with one attached hydrogen (secondary N) is 7. The normalized spacial score (nSPS) is 18.4. The lowest BCUT2D eigenvalue weighted by Crippen LogP contribution is -2.59. The van der Waals surface area contributed by atoms with E-state index in [2.05, 4.69) is 56.8 Å². The molecular weight excluding hydrogens is 1010 g/mol. The molecule has 32 heteroatoms. The molecule has 9 amide bonds. The first-order valence-electron chi connectivity index (χ1n) is 25.4. The van der Waals surface area contributed by atoms with Gasteiger partial charge >= 0.3 is 5.97 Å². The number of rotatable bonds is 30. The number of aromatic amines is 1. The number of nitrogens with two attached hydrogens (primary N) is 7. The number of carboxylic acid groups (broad SMARTS) is 1. The Labute approximate surface area is 443 Å². The van der Waals surface area contributed by atoms with Crippen LogP contribution in [0.1, 0.15) is 82.7 Å². The molecule has 4 heterocycles. The number of guanidine groups is 3. The third-order valence-corrected chi connectivity index (χ3v) is 12.9. The van der Waals surface area contributed by atoms with Crippen LogP contribution in [0.3, 0.4) is 0 Å². The Balaban J connectivity index is 1.48. The van der Waals surface area contributed by atoms with Crippen molar-refractivity contribution in [3.8, 4) is 0 Å². The number of hydrogen-bond acceptors (Lipinski definition) is 15. The summed E-state index contributed by atoms with van der Waals surface area (Å²) in [4.78, 5) is 157. The van der Waals surface area contributed by atoms with Crippen molar-refractivity contribution < 1.29 is 53.1 Å². The van der Waals surface area contributed by atoms with Crippen LogP contribution in [0, 0.1) is 0 Å². The summed E-state index contributed by atoms with van der Waals surface area (Å²) in [6.45, 7) is -0.735. The van der Waals surface area contributed by atoms with E-state index in [4.69, 9.17) is 40.1 Å². The van der Waals surface area contributed by atoms with Gasteiger partial charge in [-0.1, -0.05) is 0 Å². The van der Waals surface area contributed by atoms with E-state index < -0.39 is 115 Å². The van der Waals surface area contributed by atoms with Gasteiger partial charge in [-0.2, -0.15) is 0 Å². The lowest BCUT2D eigenvalue weighted by atomic mass is 10.1. The Morgan fingerprint density at radius 3 is 1.57 bits per heavy atom. The highest BCUT2D eigenvalue weighted by atomic mass is 16.4. The fourth-order valence-corrected chi connectivity index (χ4v) is 9.16. The van der Waals surface area contributed by atoms with Crippen molar-refractivity contribution >= 4 is 77.0 Å². The molecule has 4 rings (SSSR count). The van der Waals surface area contributed by atoms with Crippen LogP contribution in [0.4, 0.5) is 0 Å². The number of carbonyl (C=O) groups is 10. The van der Waals surface area contributed by atoms with E-state index in [1.165, 1.54) is 27.2 Å². The van der Waals surface area contributed by atoms with E-state index >= 15 is 0 Å². The van der Waals surface area contributed by atoms with E-state index in [0.29, 0.717) is 25.0 Å². The number of amides is 9. The molecule has 1 aromatic heterocycles. The predicted molar refractivity (Wildman–Crippen MR) is 277 cm³/mol.